The van der Waals surface area contributed by atoms with Gasteiger partial charge in [-0.1, -0.05) is 297 Å². The van der Waals surface area contributed by atoms with Gasteiger partial charge in [-0.15, -0.1) is 0 Å². The van der Waals surface area contributed by atoms with E-state index in [9.17, 15) is 14.4 Å². The lowest BCUT2D eigenvalue weighted by atomic mass is 10.0. The summed E-state index contributed by atoms with van der Waals surface area (Å²) in [5.41, 5.74) is 0. The Morgan fingerprint density at radius 2 is 0.422 bits per heavy atom. The molecule has 0 heterocycles. The van der Waals surface area contributed by atoms with Gasteiger partial charge < -0.3 is 14.2 Å². The molecule has 0 N–H and O–H groups in total. The van der Waals surface area contributed by atoms with Crippen LogP contribution < -0.4 is 0 Å². The second-order valence-electron chi connectivity index (χ2n) is 19.9. The van der Waals surface area contributed by atoms with Crippen LogP contribution in [0.2, 0.25) is 0 Å². The van der Waals surface area contributed by atoms with Crippen molar-refractivity contribution in [3.05, 3.63) is 0 Å². The van der Waals surface area contributed by atoms with Crippen LogP contribution in [-0.2, 0) is 28.6 Å². The van der Waals surface area contributed by atoms with E-state index >= 15 is 0 Å². The van der Waals surface area contributed by atoms with Gasteiger partial charge in [0.2, 0.25) is 0 Å². The van der Waals surface area contributed by atoms with Crippen molar-refractivity contribution in [2.45, 2.75) is 341 Å². The molecule has 0 saturated carbocycles. The van der Waals surface area contributed by atoms with Crippen molar-refractivity contribution in [2.24, 2.45) is 0 Å². The van der Waals surface area contributed by atoms with Crippen LogP contribution in [0.1, 0.15) is 335 Å². The Morgan fingerprint density at radius 3 is 0.625 bits per heavy atom. The second kappa shape index (κ2) is 54.0. The monoisotopic (exact) mass is 905 g/mol. The maximum absolute atomic E-state index is 12.8. The van der Waals surface area contributed by atoms with Crippen molar-refractivity contribution in [1.29, 1.82) is 0 Å². The number of rotatable bonds is 54. The predicted molar refractivity (Wildman–Crippen MR) is 275 cm³/mol. The molecule has 0 aliphatic rings. The summed E-state index contributed by atoms with van der Waals surface area (Å²) >= 11 is 0. The lowest BCUT2D eigenvalue weighted by Gasteiger charge is -2.18. The van der Waals surface area contributed by atoms with E-state index in [1.807, 2.05) is 0 Å². The molecule has 0 amide bonds. The summed E-state index contributed by atoms with van der Waals surface area (Å²) in [6.07, 6.45) is 59.6. The highest BCUT2D eigenvalue weighted by Crippen LogP contribution is 2.18. The largest absolute Gasteiger partial charge is 0.462 e. The van der Waals surface area contributed by atoms with E-state index in [-0.39, 0.29) is 31.1 Å². The third-order valence-electron chi connectivity index (χ3n) is 13.4. The van der Waals surface area contributed by atoms with Gasteiger partial charge in [-0.25, -0.2) is 0 Å². The molecule has 0 radical (unpaired) electrons. The number of esters is 3. The highest BCUT2D eigenvalue weighted by atomic mass is 16.6. The molecular weight excluding hydrogens is 793 g/mol. The Hall–Kier alpha value is -1.59. The molecule has 0 bridgehead atoms. The fourth-order valence-corrected chi connectivity index (χ4v) is 8.98. The van der Waals surface area contributed by atoms with Gasteiger partial charge in [0.1, 0.15) is 13.2 Å². The molecule has 6 nitrogen and oxygen atoms in total. The summed E-state index contributed by atoms with van der Waals surface area (Å²) in [6.45, 7) is 6.69. The first-order valence-corrected chi connectivity index (χ1v) is 29.0. The first-order chi connectivity index (χ1) is 31.5. The number of hydrogen-bond acceptors (Lipinski definition) is 6. The molecule has 0 spiro atoms. The summed E-state index contributed by atoms with van der Waals surface area (Å²) < 4.78 is 16.9. The smallest absolute Gasteiger partial charge is 0.306 e. The Labute approximate surface area is 399 Å². The highest BCUT2D eigenvalue weighted by Gasteiger charge is 2.19. The maximum atomic E-state index is 12.8. The van der Waals surface area contributed by atoms with Crippen molar-refractivity contribution >= 4 is 17.9 Å². The molecule has 0 aromatic carbocycles. The first-order valence-electron chi connectivity index (χ1n) is 29.0. The molecule has 0 aliphatic carbocycles. The van der Waals surface area contributed by atoms with Crippen LogP contribution in [0.3, 0.4) is 0 Å². The molecule has 0 fully saturated rings. The number of hydrogen-bond donors (Lipinski definition) is 0. The van der Waals surface area contributed by atoms with Crippen molar-refractivity contribution in [3.63, 3.8) is 0 Å². The van der Waals surface area contributed by atoms with Gasteiger partial charge in [0, 0.05) is 19.3 Å². The molecule has 1 atom stereocenters. The lowest BCUT2D eigenvalue weighted by Crippen LogP contribution is -2.30. The Balaban J connectivity index is 4.18. The van der Waals surface area contributed by atoms with E-state index in [2.05, 4.69) is 20.8 Å². The summed E-state index contributed by atoms with van der Waals surface area (Å²) in [4.78, 5) is 38.0. The number of ether oxygens (including phenoxy) is 3. The molecule has 0 aromatic heterocycles. The van der Waals surface area contributed by atoms with E-state index in [0.717, 1.165) is 57.8 Å². The van der Waals surface area contributed by atoms with E-state index < -0.39 is 6.10 Å². The maximum Gasteiger partial charge on any atom is 0.306 e. The van der Waals surface area contributed by atoms with Crippen LogP contribution in [0.5, 0.6) is 0 Å². The minimum atomic E-state index is -0.760. The van der Waals surface area contributed by atoms with Gasteiger partial charge in [-0.3, -0.25) is 14.4 Å². The summed E-state index contributed by atoms with van der Waals surface area (Å²) in [7, 11) is 0. The fourth-order valence-electron chi connectivity index (χ4n) is 8.98. The molecule has 380 valence electrons. The SMILES string of the molecule is CCCCCCCCCCCCCCCCCCCCCCCCC(=O)OCC(COC(=O)CCCCCCCCCCCCCC)OC(=O)CCCCCCCCCCCCCC. The van der Waals surface area contributed by atoms with Gasteiger partial charge in [0.15, 0.2) is 6.10 Å². The van der Waals surface area contributed by atoms with Crippen molar-refractivity contribution in [2.75, 3.05) is 13.2 Å². The van der Waals surface area contributed by atoms with Gasteiger partial charge in [-0.2, -0.15) is 0 Å². The van der Waals surface area contributed by atoms with E-state index in [4.69, 9.17) is 14.2 Å². The highest BCUT2D eigenvalue weighted by molar-refractivity contribution is 5.71. The zero-order valence-electron chi connectivity index (χ0n) is 43.6. The third kappa shape index (κ3) is 51.4. The first kappa shape index (κ1) is 62.4. The Kier molecular flexibility index (Phi) is 52.7. The molecule has 0 rings (SSSR count). The Bertz CT molecular complexity index is 951. The number of unbranched alkanes of at least 4 members (excludes halogenated alkanes) is 43. The molecule has 1 unspecified atom stereocenters. The van der Waals surface area contributed by atoms with Crippen molar-refractivity contribution in [1.82, 2.24) is 0 Å². The quantitative estimate of drug-likeness (QED) is 0.0344. The number of carbonyl (C=O) groups excluding carboxylic acids is 3. The third-order valence-corrected chi connectivity index (χ3v) is 13.4. The van der Waals surface area contributed by atoms with E-state index in [1.54, 1.807) is 0 Å². The average Bonchev–Trinajstić information content (AvgIpc) is 3.29. The van der Waals surface area contributed by atoms with Gasteiger partial charge in [0.05, 0.1) is 0 Å². The molecule has 0 saturated heterocycles. The van der Waals surface area contributed by atoms with Crippen molar-refractivity contribution < 1.29 is 28.6 Å². The fraction of sp³-hybridized carbons (Fsp3) is 0.948. The van der Waals surface area contributed by atoms with Gasteiger partial charge in [-0.05, 0) is 19.3 Å². The normalized spacial score (nSPS) is 11.9. The Morgan fingerprint density at radius 1 is 0.250 bits per heavy atom. The second-order valence-corrected chi connectivity index (χ2v) is 19.9. The summed E-state index contributed by atoms with van der Waals surface area (Å²) in [5.74, 6) is -0.835. The van der Waals surface area contributed by atoms with Crippen molar-refractivity contribution in [3.8, 4) is 0 Å². The molecule has 0 aliphatic heterocycles. The predicted octanol–water partition coefficient (Wildman–Crippen LogP) is 19.2. The lowest BCUT2D eigenvalue weighted by molar-refractivity contribution is -0.167. The van der Waals surface area contributed by atoms with Crippen LogP contribution in [-0.4, -0.2) is 37.2 Å². The van der Waals surface area contributed by atoms with Gasteiger partial charge in [0.25, 0.3) is 0 Å². The van der Waals surface area contributed by atoms with E-state index in [1.165, 1.54) is 238 Å². The van der Waals surface area contributed by atoms with Crippen LogP contribution in [0.4, 0.5) is 0 Å². The van der Waals surface area contributed by atoms with Crippen LogP contribution in [0.25, 0.3) is 0 Å². The summed E-state index contributed by atoms with van der Waals surface area (Å²) in [6, 6.07) is 0. The van der Waals surface area contributed by atoms with Crippen LogP contribution >= 0.6 is 0 Å². The zero-order valence-corrected chi connectivity index (χ0v) is 43.6. The van der Waals surface area contributed by atoms with Crippen LogP contribution in [0, 0.1) is 0 Å². The molecule has 0 aromatic rings. The standard InChI is InChI=1S/C58H112O6/c1-4-7-10-13-16-19-22-25-26-27-28-29-30-31-32-33-34-37-39-42-45-48-51-57(60)63-54-55(64-58(61)52-49-46-43-40-36-24-21-18-15-12-9-6-3)53-62-56(59)50-47-44-41-38-35-23-20-17-14-11-8-5-2/h55H,4-54H2,1-3H3. The van der Waals surface area contributed by atoms with Crippen LogP contribution in [0.15, 0.2) is 0 Å². The molecule has 64 heavy (non-hydrogen) atoms. The molecule has 6 heteroatoms. The number of carbonyl (C=O) groups is 3. The zero-order chi connectivity index (χ0) is 46.5. The minimum absolute atomic E-state index is 0.0613. The van der Waals surface area contributed by atoms with Gasteiger partial charge >= 0.3 is 17.9 Å². The topological polar surface area (TPSA) is 78.9 Å². The summed E-state index contributed by atoms with van der Waals surface area (Å²) in [5, 5.41) is 0. The minimum Gasteiger partial charge on any atom is -0.462 e. The molecular formula is C58H112O6. The average molecular weight is 906 g/mol. The van der Waals surface area contributed by atoms with E-state index in [0.29, 0.717) is 19.3 Å².